The zero-order chi connectivity index (χ0) is 19.9. The Kier molecular flexibility index (Phi) is 5.71. The standard InChI is InChI=1S/C23H21N5O/c1-29-22-11-3-2-10-20(22)21-14-23(27-17-26-21)28(15-18-8-4-6-12-24-18)16-19-9-5-7-13-25-19/h2-14,17H,15-16H2,1H3. The van der Waals surface area contributed by atoms with Crippen molar-refractivity contribution in [1.82, 2.24) is 19.9 Å². The van der Waals surface area contributed by atoms with E-state index in [9.17, 15) is 0 Å². The summed E-state index contributed by atoms with van der Waals surface area (Å²) in [7, 11) is 1.66. The minimum atomic E-state index is 0.611. The Bertz CT molecular complexity index is 1020. The summed E-state index contributed by atoms with van der Waals surface area (Å²) in [6.45, 7) is 1.22. The molecule has 6 nitrogen and oxygen atoms in total. The number of anilines is 1. The Morgan fingerprint density at radius 1 is 0.759 bits per heavy atom. The molecule has 0 radical (unpaired) electrons. The molecule has 0 atom stereocenters. The van der Waals surface area contributed by atoms with Crippen molar-refractivity contribution in [3.8, 4) is 17.0 Å². The van der Waals surface area contributed by atoms with Crippen LogP contribution in [-0.4, -0.2) is 27.0 Å². The molecule has 0 unspecified atom stereocenters. The number of para-hydroxylation sites is 1. The molecule has 6 heteroatoms. The first kappa shape index (κ1) is 18.6. The summed E-state index contributed by atoms with van der Waals surface area (Å²) in [5.74, 6) is 1.58. The van der Waals surface area contributed by atoms with E-state index in [4.69, 9.17) is 4.74 Å². The van der Waals surface area contributed by atoms with E-state index in [1.807, 2.05) is 66.7 Å². The predicted molar refractivity (Wildman–Crippen MR) is 112 cm³/mol. The van der Waals surface area contributed by atoms with Crippen molar-refractivity contribution >= 4 is 5.82 Å². The first-order chi connectivity index (χ1) is 14.3. The molecule has 0 spiro atoms. The number of aromatic nitrogens is 4. The summed E-state index contributed by atoms with van der Waals surface area (Å²) in [5, 5.41) is 0. The van der Waals surface area contributed by atoms with Gasteiger partial charge in [0.2, 0.25) is 0 Å². The van der Waals surface area contributed by atoms with Gasteiger partial charge in [-0.15, -0.1) is 0 Å². The number of rotatable bonds is 7. The van der Waals surface area contributed by atoms with Gasteiger partial charge in [0.25, 0.3) is 0 Å². The van der Waals surface area contributed by atoms with Crippen LogP contribution in [0.15, 0.2) is 85.5 Å². The lowest BCUT2D eigenvalue weighted by Crippen LogP contribution is -2.24. The number of pyridine rings is 2. The lowest BCUT2D eigenvalue weighted by molar-refractivity contribution is 0.416. The molecule has 4 aromatic rings. The van der Waals surface area contributed by atoms with Gasteiger partial charge in [0.05, 0.1) is 37.3 Å². The summed E-state index contributed by atoms with van der Waals surface area (Å²) in [5.41, 5.74) is 3.65. The number of nitrogens with zero attached hydrogens (tertiary/aromatic N) is 5. The number of hydrogen-bond acceptors (Lipinski definition) is 6. The quantitative estimate of drug-likeness (QED) is 0.478. The summed E-state index contributed by atoms with van der Waals surface area (Å²) in [6.07, 6.45) is 5.18. The highest BCUT2D eigenvalue weighted by atomic mass is 16.5. The topological polar surface area (TPSA) is 64.0 Å². The number of ether oxygens (including phenoxy) is 1. The SMILES string of the molecule is COc1ccccc1-c1cc(N(Cc2ccccn2)Cc2ccccn2)ncn1. The van der Waals surface area contributed by atoms with Gasteiger partial charge in [0, 0.05) is 24.0 Å². The highest BCUT2D eigenvalue weighted by Gasteiger charge is 2.14. The van der Waals surface area contributed by atoms with Gasteiger partial charge < -0.3 is 9.64 Å². The average Bonchev–Trinajstić information content (AvgIpc) is 2.80. The highest BCUT2D eigenvalue weighted by molar-refractivity contribution is 5.69. The van der Waals surface area contributed by atoms with Crippen LogP contribution < -0.4 is 9.64 Å². The largest absolute Gasteiger partial charge is 0.496 e. The second-order valence-corrected chi connectivity index (χ2v) is 6.46. The molecular weight excluding hydrogens is 362 g/mol. The van der Waals surface area contributed by atoms with E-state index in [1.165, 1.54) is 0 Å². The smallest absolute Gasteiger partial charge is 0.133 e. The van der Waals surface area contributed by atoms with Gasteiger partial charge in [0.15, 0.2) is 0 Å². The Labute approximate surface area is 169 Å². The maximum Gasteiger partial charge on any atom is 0.133 e. The lowest BCUT2D eigenvalue weighted by atomic mass is 10.1. The fourth-order valence-electron chi connectivity index (χ4n) is 3.12. The van der Waals surface area contributed by atoms with E-state index in [2.05, 4.69) is 24.8 Å². The van der Waals surface area contributed by atoms with Gasteiger partial charge in [0.1, 0.15) is 17.9 Å². The van der Waals surface area contributed by atoms with E-state index in [0.29, 0.717) is 13.1 Å². The molecule has 0 N–H and O–H groups in total. The van der Waals surface area contributed by atoms with Crippen molar-refractivity contribution in [3.63, 3.8) is 0 Å². The van der Waals surface area contributed by atoms with Crippen molar-refractivity contribution < 1.29 is 4.74 Å². The Balaban J connectivity index is 1.70. The van der Waals surface area contributed by atoms with Gasteiger partial charge in [-0.05, 0) is 36.4 Å². The third kappa shape index (κ3) is 4.55. The normalized spacial score (nSPS) is 10.5. The number of benzene rings is 1. The molecule has 0 aliphatic rings. The summed E-state index contributed by atoms with van der Waals surface area (Å²) in [4.78, 5) is 20.1. The second kappa shape index (κ2) is 8.93. The molecule has 3 heterocycles. The molecule has 0 amide bonds. The molecule has 1 aromatic carbocycles. The molecular formula is C23H21N5O. The van der Waals surface area contributed by atoms with E-state index in [0.717, 1.165) is 34.2 Å². The van der Waals surface area contributed by atoms with Gasteiger partial charge in [-0.2, -0.15) is 0 Å². The van der Waals surface area contributed by atoms with Gasteiger partial charge >= 0.3 is 0 Å². The maximum absolute atomic E-state index is 5.50. The van der Waals surface area contributed by atoms with E-state index < -0.39 is 0 Å². The van der Waals surface area contributed by atoms with Crippen LogP contribution in [0.1, 0.15) is 11.4 Å². The molecule has 4 rings (SSSR count). The van der Waals surface area contributed by atoms with Crippen molar-refractivity contribution in [2.45, 2.75) is 13.1 Å². The zero-order valence-corrected chi connectivity index (χ0v) is 16.1. The van der Waals surface area contributed by atoms with Crippen LogP contribution in [0.2, 0.25) is 0 Å². The van der Waals surface area contributed by atoms with Crippen LogP contribution >= 0.6 is 0 Å². The van der Waals surface area contributed by atoms with Crippen LogP contribution in [-0.2, 0) is 13.1 Å². The van der Waals surface area contributed by atoms with E-state index in [1.54, 1.807) is 25.8 Å². The van der Waals surface area contributed by atoms with Crippen molar-refractivity contribution in [1.29, 1.82) is 0 Å². The first-order valence-electron chi connectivity index (χ1n) is 9.33. The molecule has 29 heavy (non-hydrogen) atoms. The fourth-order valence-corrected chi connectivity index (χ4v) is 3.12. The number of methoxy groups -OCH3 is 1. The fraction of sp³-hybridized carbons (Fsp3) is 0.130. The molecule has 0 fully saturated rings. The summed E-state index contributed by atoms with van der Waals surface area (Å²) >= 11 is 0. The molecule has 0 saturated carbocycles. The highest BCUT2D eigenvalue weighted by Crippen LogP contribution is 2.30. The minimum Gasteiger partial charge on any atom is -0.496 e. The predicted octanol–water partition coefficient (Wildman–Crippen LogP) is 4.15. The third-order valence-corrected chi connectivity index (χ3v) is 4.52. The molecule has 0 saturated heterocycles. The van der Waals surface area contributed by atoms with E-state index in [-0.39, 0.29) is 0 Å². The van der Waals surface area contributed by atoms with Crippen molar-refractivity contribution in [3.05, 3.63) is 96.8 Å². The van der Waals surface area contributed by atoms with Gasteiger partial charge in [-0.1, -0.05) is 24.3 Å². The molecule has 0 aliphatic carbocycles. The minimum absolute atomic E-state index is 0.611. The lowest BCUT2D eigenvalue weighted by Gasteiger charge is -2.23. The second-order valence-electron chi connectivity index (χ2n) is 6.46. The van der Waals surface area contributed by atoms with E-state index >= 15 is 0 Å². The zero-order valence-electron chi connectivity index (χ0n) is 16.1. The van der Waals surface area contributed by atoms with Crippen LogP contribution in [0.25, 0.3) is 11.3 Å². The average molecular weight is 383 g/mol. The summed E-state index contributed by atoms with van der Waals surface area (Å²) in [6, 6.07) is 21.6. The maximum atomic E-state index is 5.50. The van der Waals surface area contributed by atoms with Crippen LogP contribution in [0, 0.1) is 0 Å². The van der Waals surface area contributed by atoms with Crippen molar-refractivity contribution in [2.24, 2.45) is 0 Å². The molecule has 144 valence electrons. The van der Waals surface area contributed by atoms with Crippen molar-refractivity contribution in [2.75, 3.05) is 12.0 Å². The number of hydrogen-bond donors (Lipinski definition) is 0. The Morgan fingerprint density at radius 2 is 1.41 bits per heavy atom. The molecule has 0 bridgehead atoms. The van der Waals surface area contributed by atoms with Crippen LogP contribution in [0.5, 0.6) is 5.75 Å². The monoisotopic (exact) mass is 383 g/mol. The third-order valence-electron chi connectivity index (χ3n) is 4.52. The molecule has 3 aromatic heterocycles. The van der Waals surface area contributed by atoms with Gasteiger partial charge in [-0.25, -0.2) is 9.97 Å². The Morgan fingerprint density at radius 3 is 2.03 bits per heavy atom. The van der Waals surface area contributed by atoms with Crippen LogP contribution in [0.3, 0.4) is 0 Å². The summed E-state index contributed by atoms with van der Waals surface area (Å²) < 4.78 is 5.50. The van der Waals surface area contributed by atoms with Crippen LogP contribution in [0.4, 0.5) is 5.82 Å². The first-order valence-corrected chi connectivity index (χ1v) is 9.33. The molecule has 0 aliphatic heterocycles. The Hall–Kier alpha value is -3.80. The van der Waals surface area contributed by atoms with Gasteiger partial charge in [-0.3, -0.25) is 9.97 Å².